The van der Waals surface area contributed by atoms with Crippen molar-refractivity contribution in [3.63, 3.8) is 0 Å². The number of hydrogen-bond donors (Lipinski definition) is 2. The Labute approximate surface area is 135 Å². The first kappa shape index (κ1) is 15.2. The fourth-order valence-corrected chi connectivity index (χ4v) is 3.17. The van der Waals surface area contributed by atoms with Crippen LogP contribution in [0.2, 0.25) is 5.02 Å². The first-order valence-corrected chi connectivity index (χ1v) is 7.98. The highest BCUT2D eigenvalue weighted by atomic mass is 35.5. The topological polar surface area (TPSA) is 54.1 Å². The SMILES string of the molecule is CC(C)(C)OC(=O)NC1CCc2[nH]c3cc(Cl)ccc3c2C1. The molecule has 1 unspecified atom stereocenters. The highest BCUT2D eigenvalue weighted by Crippen LogP contribution is 2.30. The minimum Gasteiger partial charge on any atom is -0.444 e. The second-order valence-corrected chi connectivity index (χ2v) is 7.29. The number of H-pyrrole nitrogens is 1. The van der Waals surface area contributed by atoms with Gasteiger partial charge in [-0.3, -0.25) is 0 Å². The Bertz CT molecular complexity index is 715. The fraction of sp³-hybridized carbons (Fsp3) is 0.471. The predicted molar refractivity (Wildman–Crippen MR) is 88.5 cm³/mol. The third-order valence-electron chi connectivity index (χ3n) is 3.87. The molecular formula is C17H21ClN2O2. The third kappa shape index (κ3) is 3.22. The molecule has 1 aromatic carbocycles. The maximum atomic E-state index is 11.9. The van der Waals surface area contributed by atoms with Gasteiger partial charge in [-0.25, -0.2) is 4.79 Å². The lowest BCUT2D eigenvalue weighted by Crippen LogP contribution is -2.41. The molecule has 3 rings (SSSR count). The van der Waals surface area contributed by atoms with E-state index in [1.54, 1.807) is 0 Å². The summed E-state index contributed by atoms with van der Waals surface area (Å²) in [7, 11) is 0. The van der Waals surface area contributed by atoms with E-state index in [1.807, 2.05) is 39.0 Å². The number of carbonyl (C=O) groups is 1. The van der Waals surface area contributed by atoms with Crippen molar-refractivity contribution in [3.8, 4) is 0 Å². The zero-order chi connectivity index (χ0) is 15.9. The van der Waals surface area contributed by atoms with Crippen molar-refractivity contribution in [1.82, 2.24) is 10.3 Å². The molecule has 5 heteroatoms. The molecule has 0 spiro atoms. The first-order valence-electron chi connectivity index (χ1n) is 7.60. The van der Waals surface area contributed by atoms with Crippen molar-refractivity contribution < 1.29 is 9.53 Å². The summed E-state index contributed by atoms with van der Waals surface area (Å²) in [5, 5.41) is 4.90. The number of aromatic nitrogens is 1. The van der Waals surface area contributed by atoms with E-state index < -0.39 is 5.60 Å². The van der Waals surface area contributed by atoms with Gasteiger partial charge < -0.3 is 15.0 Å². The van der Waals surface area contributed by atoms with Crippen LogP contribution in [0.4, 0.5) is 4.79 Å². The maximum absolute atomic E-state index is 11.9. The smallest absolute Gasteiger partial charge is 0.407 e. The lowest BCUT2D eigenvalue weighted by Gasteiger charge is -2.26. The van der Waals surface area contributed by atoms with Crippen LogP contribution >= 0.6 is 11.6 Å². The molecule has 0 aliphatic heterocycles. The fourth-order valence-electron chi connectivity index (χ4n) is 2.99. The molecule has 2 aromatic rings. The molecule has 1 aliphatic carbocycles. The second-order valence-electron chi connectivity index (χ2n) is 6.86. The number of aromatic amines is 1. The summed E-state index contributed by atoms with van der Waals surface area (Å²) in [5.41, 5.74) is 3.12. The summed E-state index contributed by atoms with van der Waals surface area (Å²) in [6.07, 6.45) is 2.30. The molecule has 0 bridgehead atoms. The quantitative estimate of drug-likeness (QED) is 0.827. The number of hydrogen-bond acceptors (Lipinski definition) is 2. The van der Waals surface area contributed by atoms with Crippen LogP contribution in [0.1, 0.15) is 38.4 Å². The Balaban J connectivity index is 1.76. The molecule has 4 nitrogen and oxygen atoms in total. The Morgan fingerprint density at radius 3 is 2.91 bits per heavy atom. The number of alkyl carbamates (subject to hydrolysis) is 1. The molecule has 2 N–H and O–H groups in total. The number of rotatable bonds is 1. The zero-order valence-corrected chi connectivity index (χ0v) is 13.9. The van der Waals surface area contributed by atoms with Gasteiger partial charge in [0, 0.05) is 27.7 Å². The molecule has 0 radical (unpaired) electrons. The molecule has 22 heavy (non-hydrogen) atoms. The van der Waals surface area contributed by atoms with Gasteiger partial charge in [0.15, 0.2) is 0 Å². The average Bonchev–Trinajstić information content (AvgIpc) is 2.73. The molecule has 0 saturated carbocycles. The van der Waals surface area contributed by atoms with Gasteiger partial charge in [-0.15, -0.1) is 0 Å². The van der Waals surface area contributed by atoms with Crippen molar-refractivity contribution in [2.45, 2.75) is 51.7 Å². The van der Waals surface area contributed by atoms with E-state index >= 15 is 0 Å². The normalized spacial score (nSPS) is 18.1. The number of amides is 1. The lowest BCUT2D eigenvalue weighted by atomic mass is 9.91. The minimum absolute atomic E-state index is 0.108. The minimum atomic E-state index is -0.471. The summed E-state index contributed by atoms with van der Waals surface area (Å²) >= 11 is 6.05. The average molecular weight is 321 g/mol. The molecule has 1 heterocycles. The summed E-state index contributed by atoms with van der Waals surface area (Å²) < 4.78 is 5.34. The van der Waals surface area contributed by atoms with E-state index in [0.29, 0.717) is 0 Å². The lowest BCUT2D eigenvalue weighted by molar-refractivity contribution is 0.0500. The zero-order valence-electron chi connectivity index (χ0n) is 13.1. The Morgan fingerprint density at radius 1 is 1.41 bits per heavy atom. The highest BCUT2D eigenvalue weighted by molar-refractivity contribution is 6.31. The summed E-state index contributed by atoms with van der Waals surface area (Å²) in [5.74, 6) is 0. The molecule has 118 valence electrons. The largest absolute Gasteiger partial charge is 0.444 e. The molecule has 1 atom stereocenters. The first-order chi connectivity index (χ1) is 10.3. The number of nitrogens with one attached hydrogen (secondary N) is 2. The van der Waals surface area contributed by atoms with Gasteiger partial charge in [0.25, 0.3) is 0 Å². The number of fused-ring (bicyclic) bond motifs is 3. The second kappa shape index (κ2) is 5.51. The van der Waals surface area contributed by atoms with E-state index in [1.165, 1.54) is 16.6 Å². The maximum Gasteiger partial charge on any atom is 0.407 e. The van der Waals surface area contributed by atoms with Gasteiger partial charge in [0.1, 0.15) is 5.60 Å². The van der Waals surface area contributed by atoms with Crippen molar-refractivity contribution in [3.05, 3.63) is 34.5 Å². The van der Waals surface area contributed by atoms with Crippen LogP contribution in [0.3, 0.4) is 0 Å². The van der Waals surface area contributed by atoms with Gasteiger partial charge in [-0.1, -0.05) is 17.7 Å². The van der Waals surface area contributed by atoms with Crippen LogP contribution in [-0.4, -0.2) is 22.7 Å². The third-order valence-corrected chi connectivity index (χ3v) is 4.11. The summed E-state index contributed by atoms with van der Waals surface area (Å²) in [4.78, 5) is 15.4. The number of ether oxygens (including phenoxy) is 1. The number of carbonyl (C=O) groups excluding carboxylic acids is 1. The van der Waals surface area contributed by atoms with E-state index in [4.69, 9.17) is 16.3 Å². The van der Waals surface area contributed by atoms with Gasteiger partial charge in [0.2, 0.25) is 0 Å². The highest BCUT2D eigenvalue weighted by Gasteiger charge is 2.25. The molecule has 0 saturated heterocycles. The van der Waals surface area contributed by atoms with E-state index in [2.05, 4.69) is 10.3 Å². The van der Waals surface area contributed by atoms with Gasteiger partial charge in [0.05, 0.1) is 0 Å². The predicted octanol–water partition coefficient (Wildman–Crippen LogP) is 4.20. The Hall–Kier alpha value is -1.68. The monoisotopic (exact) mass is 320 g/mol. The van der Waals surface area contributed by atoms with Crippen molar-refractivity contribution in [2.75, 3.05) is 0 Å². The Morgan fingerprint density at radius 2 is 2.18 bits per heavy atom. The van der Waals surface area contributed by atoms with Crippen LogP contribution in [0.15, 0.2) is 18.2 Å². The van der Waals surface area contributed by atoms with Crippen LogP contribution in [0, 0.1) is 0 Å². The van der Waals surface area contributed by atoms with Crippen molar-refractivity contribution in [2.24, 2.45) is 0 Å². The van der Waals surface area contributed by atoms with Crippen LogP contribution in [0.25, 0.3) is 10.9 Å². The number of benzene rings is 1. The van der Waals surface area contributed by atoms with Crippen molar-refractivity contribution in [1.29, 1.82) is 0 Å². The number of halogens is 1. The molecule has 1 amide bonds. The van der Waals surface area contributed by atoms with E-state index in [-0.39, 0.29) is 12.1 Å². The number of aryl methyl sites for hydroxylation is 1. The molecule has 1 aromatic heterocycles. The van der Waals surface area contributed by atoms with Gasteiger partial charge in [-0.2, -0.15) is 0 Å². The molecule has 1 aliphatic rings. The van der Waals surface area contributed by atoms with E-state index in [9.17, 15) is 4.79 Å². The van der Waals surface area contributed by atoms with Crippen LogP contribution in [0.5, 0.6) is 0 Å². The standard InChI is InChI=1S/C17H21ClN2O2/c1-17(2,3)22-16(21)19-11-5-7-14-13(9-11)12-6-4-10(18)8-15(12)20-14/h4,6,8,11,20H,5,7,9H2,1-3H3,(H,19,21). The Kier molecular flexibility index (Phi) is 3.81. The van der Waals surface area contributed by atoms with E-state index in [0.717, 1.165) is 29.8 Å². The van der Waals surface area contributed by atoms with Crippen LogP contribution < -0.4 is 5.32 Å². The van der Waals surface area contributed by atoms with Crippen LogP contribution in [-0.2, 0) is 17.6 Å². The van der Waals surface area contributed by atoms with Gasteiger partial charge >= 0.3 is 6.09 Å². The van der Waals surface area contributed by atoms with Gasteiger partial charge in [-0.05, 0) is 57.7 Å². The summed E-state index contributed by atoms with van der Waals surface area (Å²) in [6, 6.07) is 6.01. The molecular weight excluding hydrogens is 300 g/mol. The molecule has 0 fully saturated rings. The van der Waals surface area contributed by atoms with Crippen molar-refractivity contribution >= 4 is 28.6 Å². The summed E-state index contributed by atoms with van der Waals surface area (Å²) in [6.45, 7) is 5.61.